The summed E-state index contributed by atoms with van der Waals surface area (Å²) in [6.45, 7) is 0.791. The highest BCUT2D eigenvalue weighted by Gasteiger charge is 2.33. The summed E-state index contributed by atoms with van der Waals surface area (Å²) in [5.41, 5.74) is 0.230. The number of carbonyl (C=O) groups is 1. The smallest absolute Gasteiger partial charge is 0.274 e. The highest BCUT2D eigenvalue weighted by Crippen LogP contribution is 2.31. The molecule has 1 fully saturated rings. The van der Waals surface area contributed by atoms with Crippen LogP contribution >= 0.6 is 23.2 Å². The molecular weight excluding hydrogens is 387 g/mol. The van der Waals surface area contributed by atoms with Gasteiger partial charge < -0.3 is 4.90 Å². The zero-order valence-corrected chi connectivity index (χ0v) is 15.3. The average molecular weight is 401 g/mol. The largest absolute Gasteiger partial charge is 0.335 e. The summed E-state index contributed by atoms with van der Waals surface area (Å²) in [5.74, 6) is -0.277. The van der Waals surface area contributed by atoms with Gasteiger partial charge in [0.05, 0.1) is 16.2 Å². The van der Waals surface area contributed by atoms with E-state index in [0.29, 0.717) is 0 Å². The number of hydrogen-bond acceptors (Lipinski definition) is 5. The normalized spacial score (nSPS) is 16.0. The second kappa shape index (κ2) is 7.25. The van der Waals surface area contributed by atoms with Gasteiger partial charge in [0.15, 0.2) is 0 Å². The Balaban J connectivity index is 1.75. The van der Waals surface area contributed by atoms with Gasteiger partial charge in [-0.25, -0.2) is 13.4 Å². The predicted octanol–water partition coefficient (Wildman–Crippen LogP) is 1.93. The van der Waals surface area contributed by atoms with Gasteiger partial charge >= 0.3 is 0 Å². The first-order valence-electron chi connectivity index (χ1n) is 7.40. The Kier molecular flexibility index (Phi) is 5.24. The molecule has 1 saturated heterocycles. The SMILES string of the molecule is O=C(c1cnccn1)N1CCN(S(=O)(=O)c2c(Cl)cccc2Cl)CC1. The lowest BCUT2D eigenvalue weighted by atomic mass is 10.3. The van der Waals surface area contributed by atoms with Crippen LogP contribution in [0.3, 0.4) is 0 Å². The maximum Gasteiger partial charge on any atom is 0.274 e. The lowest BCUT2D eigenvalue weighted by Crippen LogP contribution is -2.50. The van der Waals surface area contributed by atoms with Crippen molar-refractivity contribution in [3.05, 3.63) is 52.5 Å². The van der Waals surface area contributed by atoms with Gasteiger partial charge in [-0.15, -0.1) is 0 Å². The van der Waals surface area contributed by atoms with E-state index in [4.69, 9.17) is 23.2 Å². The van der Waals surface area contributed by atoms with E-state index >= 15 is 0 Å². The van der Waals surface area contributed by atoms with Crippen LogP contribution in [0.15, 0.2) is 41.7 Å². The van der Waals surface area contributed by atoms with Gasteiger partial charge in [0.25, 0.3) is 5.91 Å². The number of nitrogens with zero attached hydrogens (tertiary/aromatic N) is 4. The van der Waals surface area contributed by atoms with Crippen LogP contribution in [0.2, 0.25) is 10.0 Å². The Morgan fingerprint density at radius 2 is 1.68 bits per heavy atom. The van der Waals surface area contributed by atoms with Crippen LogP contribution in [0.1, 0.15) is 10.5 Å². The molecule has 2 heterocycles. The first-order chi connectivity index (χ1) is 11.9. The van der Waals surface area contributed by atoms with Crippen molar-refractivity contribution < 1.29 is 13.2 Å². The number of carbonyl (C=O) groups excluding carboxylic acids is 1. The molecule has 0 atom stereocenters. The Hall–Kier alpha value is -1.74. The number of piperazine rings is 1. The van der Waals surface area contributed by atoms with Crippen LogP contribution in [0.4, 0.5) is 0 Å². The summed E-state index contributed by atoms with van der Waals surface area (Å²) >= 11 is 12.0. The van der Waals surface area contributed by atoms with E-state index in [1.165, 1.54) is 35.0 Å². The number of sulfonamides is 1. The summed E-state index contributed by atoms with van der Waals surface area (Å²) in [6.07, 6.45) is 4.30. The van der Waals surface area contributed by atoms with Gasteiger partial charge in [-0.3, -0.25) is 9.78 Å². The Bertz CT molecular complexity index is 865. The molecule has 1 aliphatic rings. The molecule has 0 radical (unpaired) electrons. The van der Waals surface area contributed by atoms with E-state index in [0.717, 1.165) is 0 Å². The van der Waals surface area contributed by atoms with E-state index < -0.39 is 10.0 Å². The van der Waals surface area contributed by atoms with Crippen molar-refractivity contribution in [1.82, 2.24) is 19.2 Å². The van der Waals surface area contributed by atoms with Crippen molar-refractivity contribution >= 4 is 39.1 Å². The summed E-state index contributed by atoms with van der Waals surface area (Å²) in [5, 5.41) is 0.149. The van der Waals surface area contributed by atoms with Crippen molar-refractivity contribution in [2.75, 3.05) is 26.2 Å². The fraction of sp³-hybridized carbons (Fsp3) is 0.267. The molecule has 10 heteroatoms. The highest BCUT2D eigenvalue weighted by atomic mass is 35.5. The number of amides is 1. The van der Waals surface area contributed by atoms with Crippen LogP contribution in [0.5, 0.6) is 0 Å². The van der Waals surface area contributed by atoms with Crippen molar-refractivity contribution in [1.29, 1.82) is 0 Å². The van der Waals surface area contributed by atoms with E-state index in [1.54, 1.807) is 11.0 Å². The molecule has 0 bridgehead atoms. The topological polar surface area (TPSA) is 83.5 Å². The molecule has 0 unspecified atom stereocenters. The minimum absolute atomic E-state index is 0.0746. The van der Waals surface area contributed by atoms with Crippen LogP contribution in [-0.4, -0.2) is 59.7 Å². The molecule has 132 valence electrons. The molecule has 1 aromatic heterocycles. The maximum absolute atomic E-state index is 12.8. The first kappa shape index (κ1) is 18.1. The van der Waals surface area contributed by atoms with Crippen molar-refractivity contribution in [3.8, 4) is 0 Å². The van der Waals surface area contributed by atoms with Crippen molar-refractivity contribution in [2.45, 2.75) is 4.90 Å². The number of benzene rings is 1. The molecule has 2 aromatic rings. The Labute approximate surface area is 155 Å². The molecule has 1 aromatic carbocycles. The lowest BCUT2D eigenvalue weighted by molar-refractivity contribution is 0.0691. The Morgan fingerprint density at radius 3 is 2.24 bits per heavy atom. The quantitative estimate of drug-likeness (QED) is 0.785. The van der Waals surface area contributed by atoms with Gasteiger partial charge in [0.2, 0.25) is 10.0 Å². The van der Waals surface area contributed by atoms with Crippen molar-refractivity contribution in [3.63, 3.8) is 0 Å². The summed E-state index contributed by atoms with van der Waals surface area (Å²) in [6, 6.07) is 4.55. The molecule has 25 heavy (non-hydrogen) atoms. The summed E-state index contributed by atoms with van der Waals surface area (Å²) in [7, 11) is -3.83. The predicted molar refractivity (Wildman–Crippen MR) is 93.2 cm³/mol. The van der Waals surface area contributed by atoms with Gasteiger partial charge in [0.1, 0.15) is 10.6 Å². The molecule has 0 saturated carbocycles. The zero-order valence-electron chi connectivity index (χ0n) is 13.0. The van der Waals surface area contributed by atoms with Gasteiger partial charge in [-0.2, -0.15) is 4.31 Å². The second-order valence-electron chi connectivity index (χ2n) is 5.34. The lowest BCUT2D eigenvalue weighted by Gasteiger charge is -2.34. The van der Waals surface area contributed by atoms with Crippen LogP contribution < -0.4 is 0 Å². The third-order valence-corrected chi connectivity index (χ3v) is 6.68. The third-order valence-electron chi connectivity index (χ3n) is 3.82. The standard InChI is InChI=1S/C15H14Cl2N4O3S/c16-11-2-1-3-12(17)14(11)25(23,24)21-8-6-20(7-9-21)15(22)13-10-18-4-5-19-13/h1-5,10H,6-9H2. The molecule has 7 nitrogen and oxygen atoms in total. The van der Waals surface area contributed by atoms with E-state index in [2.05, 4.69) is 9.97 Å². The van der Waals surface area contributed by atoms with E-state index in [9.17, 15) is 13.2 Å². The fourth-order valence-corrected chi connectivity index (χ4v) is 5.07. The first-order valence-corrected chi connectivity index (χ1v) is 9.60. The molecule has 0 aliphatic carbocycles. The van der Waals surface area contributed by atoms with Gasteiger partial charge in [0, 0.05) is 38.6 Å². The number of rotatable bonds is 3. The molecule has 1 aliphatic heterocycles. The van der Waals surface area contributed by atoms with Crippen LogP contribution in [0, 0.1) is 0 Å². The minimum Gasteiger partial charge on any atom is -0.335 e. The van der Waals surface area contributed by atoms with Crippen LogP contribution in [0.25, 0.3) is 0 Å². The number of aromatic nitrogens is 2. The second-order valence-corrected chi connectivity index (χ2v) is 8.03. The fourth-order valence-electron chi connectivity index (χ4n) is 2.56. The van der Waals surface area contributed by atoms with E-state index in [-0.39, 0.29) is 52.7 Å². The number of halogens is 2. The zero-order chi connectivity index (χ0) is 18.0. The van der Waals surface area contributed by atoms with Gasteiger partial charge in [-0.1, -0.05) is 29.3 Å². The number of hydrogen-bond donors (Lipinski definition) is 0. The van der Waals surface area contributed by atoms with Gasteiger partial charge in [-0.05, 0) is 12.1 Å². The summed E-state index contributed by atoms with van der Waals surface area (Å²) in [4.78, 5) is 21.6. The maximum atomic E-state index is 12.8. The average Bonchev–Trinajstić information content (AvgIpc) is 2.61. The van der Waals surface area contributed by atoms with Crippen LogP contribution in [-0.2, 0) is 10.0 Å². The molecule has 0 spiro atoms. The van der Waals surface area contributed by atoms with Crippen molar-refractivity contribution in [2.24, 2.45) is 0 Å². The molecule has 0 N–H and O–H groups in total. The molecular formula is C15H14Cl2N4O3S. The highest BCUT2D eigenvalue weighted by molar-refractivity contribution is 7.89. The Morgan fingerprint density at radius 1 is 1.04 bits per heavy atom. The van der Waals surface area contributed by atoms with E-state index in [1.807, 2.05) is 0 Å². The summed E-state index contributed by atoms with van der Waals surface area (Å²) < 4.78 is 26.9. The minimum atomic E-state index is -3.83. The molecule has 1 amide bonds. The molecule has 3 rings (SSSR count). The monoisotopic (exact) mass is 400 g/mol. The third kappa shape index (κ3) is 3.62.